The Morgan fingerprint density at radius 2 is 1.96 bits per heavy atom. The second-order valence-corrected chi connectivity index (χ2v) is 8.50. The minimum Gasteiger partial charge on any atom is -0.469 e. The first kappa shape index (κ1) is 21.0. The summed E-state index contributed by atoms with van der Waals surface area (Å²) < 4.78 is 6.10. The zero-order valence-electron chi connectivity index (χ0n) is 16.2. The molecular weight excluding hydrogens is 366 g/mol. The molecule has 0 spiro atoms. The maximum atomic E-state index is 12.9. The van der Waals surface area contributed by atoms with E-state index in [1.54, 1.807) is 31.2 Å². The lowest BCUT2D eigenvalue weighted by Crippen LogP contribution is -2.44. The van der Waals surface area contributed by atoms with Crippen molar-refractivity contribution < 1.29 is 14.3 Å². The molecule has 0 aliphatic rings. The Morgan fingerprint density at radius 3 is 2.59 bits per heavy atom. The number of amides is 1. The van der Waals surface area contributed by atoms with Gasteiger partial charge in [-0.15, -0.1) is 0 Å². The largest absolute Gasteiger partial charge is 0.469 e. The highest BCUT2D eigenvalue weighted by Gasteiger charge is 2.23. The number of carbonyl (C=O) groups excluding carboxylic acids is 2. The molecule has 146 valence electrons. The van der Waals surface area contributed by atoms with E-state index >= 15 is 0 Å². The van der Waals surface area contributed by atoms with Crippen LogP contribution in [-0.2, 0) is 20.9 Å². The molecule has 0 unspecified atom stereocenters. The summed E-state index contributed by atoms with van der Waals surface area (Å²) >= 11 is 1.19. The van der Waals surface area contributed by atoms with Crippen molar-refractivity contribution in [2.45, 2.75) is 56.6 Å². The lowest BCUT2D eigenvalue weighted by molar-refractivity contribution is -0.140. The fourth-order valence-electron chi connectivity index (χ4n) is 2.42. The van der Waals surface area contributed by atoms with Crippen LogP contribution in [0.2, 0.25) is 0 Å². The van der Waals surface area contributed by atoms with Crippen molar-refractivity contribution >= 4 is 34.5 Å². The molecule has 1 aromatic heterocycles. The number of hydrogen-bond donors (Lipinski definition) is 1. The first-order valence-electron chi connectivity index (χ1n) is 8.67. The molecule has 0 saturated carbocycles. The summed E-state index contributed by atoms with van der Waals surface area (Å²) in [5.41, 5.74) is -0.0361. The Hall–Kier alpha value is -2.35. The van der Waals surface area contributed by atoms with Gasteiger partial charge in [-0.1, -0.05) is 23.9 Å². The lowest BCUT2D eigenvalue weighted by atomic mass is 10.1. The minimum atomic E-state index is -0.457. The van der Waals surface area contributed by atoms with Crippen molar-refractivity contribution in [3.63, 3.8) is 0 Å². The predicted octanol–water partition coefficient (Wildman–Crippen LogP) is 2.35. The standard InChI is InChI=1S/C19H25N3O4S/c1-12(16(24)21-19(2,3)4)27-18-20-14-9-7-6-8-13(14)17(25)22(18)11-10-15(23)26-5/h6-9,12H,10-11H2,1-5H3,(H,21,24)/t12-/m1/s1. The highest BCUT2D eigenvalue weighted by molar-refractivity contribution is 8.00. The van der Waals surface area contributed by atoms with Crippen LogP contribution in [-0.4, -0.2) is 39.3 Å². The normalized spacial score (nSPS) is 12.6. The van der Waals surface area contributed by atoms with Gasteiger partial charge in [-0.05, 0) is 39.8 Å². The topological polar surface area (TPSA) is 90.3 Å². The molecule has 1 amide bonds. The van der Waals surface area contributed by atoms with Crippen LogP contribution in [0.5, 0.6) is 0 Å². The zero-order chi connectivity index (χ0) is 20.2. The van der Waals surface area contributed by atoms with Crippen molar-refractivity contribution in [3.8, 4) is 0 Å². The lowest BCUT2D eigenvalue weighted by Gasteiger charge is -2.23. The van der Waals surface area contributed by atoms with Crippen LogP contribution in [0.25, 0.3) is 10.9 Å². The summed E-state index contributed by atoms with van der Waals surface area (Å²) in [6.45, 7) is 7.62. The second kappa shape index (κ2) is 8.56. The molecule has 1 atom stereocenters. The number of thioether (sulfide) groups is 1. The summed E-state index contributed by atoms with van der Waals surface area (Å²) in [5.74, 6) is -0.557. The number of carbonyl (C=O) groups is 2. The number of nitrogens with zero attached hydrogens (tertiary/aromatic N) is 2. The van der Waals surface area contributed by atoms with Gasteiger partial charge in [0.15, 0.2) is 5.16 Å². The van der Waals surface area contributed by atoms with E-state index in [1.807, 2.05) is 20.8 Å². The van der Waals surface area contributed by atoms with Crippen LogP contribution in [0.4, 0.5) is 0 Å². The summed E-state index contributed by atoms with van der Waals surface area (Å²) in [7, 11) is 1.30. The number of aromatic nitrogens is 2. The van der Waals surface area contributed by atoms with Gasteiger partial charge < -0.3 is 10.1 Å². The van der Waals surface area contributed by atoms with Crippen molar-refractivity contribution in [2.75, 3.05) is 7.11 Å². The van der Waals surface area contributed by atoms with E-state index < -0.39 is 11.2 Å². The first-order chi connectivity index (χ1) is 12.6. The monoisotopic (exact) mass is 391 g/mol. The van der Waals surface area contributed by atoms with Crippen molar-refractivity contribution in [3.05, 3.63) is 34.6 Å². The number of esters is 1. The van der Waals surface area contributed by atoms with E-state index in [9.17, 15) is 14.4 Å². The number of nitrogens with one attached hydrogen (secondary N) is 1. The molecule has 1 aromatic carbocycles. The zero-order valence-corrected chi connectivity index (χ0v) is 17.1. The van der Waals surface area contributed by atoms with E-state index in [0.29, 0.717) is 16.1 Å². The molecule has 0 bridgehead atoms. The Kier molecular flexibility index (Phi) is 6.64. The maximum Gasteiger partial charge on any atom is 0.307 e. The SMILES string of the molecule is COC(=O)CCn1c(S[C@H](C)C(=O)NC(C)(C)C)nc2ccccc2c1=O. The van der Waals surface area contributed by atoms with Gasteiger partial charge in [0.05, 0.1) is 29.7 Å². The van der Waals surface area contributed by atoms with E-state index in [0.717, 1.165) is 0 Å². The van der Waals surface area contributed by atoms with E-state index in [2.05, 4.69) is 15.0 Å². The third kappa shape index (κ3) is 5.56. The summed E-state index contributed by atoms with van der Waals surface area (Å²) in [6.07, 6.45) is 0.0482. The van der Waals surface area contributed by atoms with Gasteiger partial charge >= 0.3 is 5.97 Å². The number of methoxy groups -OCH3 is 1. The molecule has 0 aliphatic heterocycles. The predicted molar refractivity (Wildman–Crippen MR) is 106 cm³/mol. The van der Waals surface area contributed by atoms with Crippen LogP contribution in [0.15, 0.2) is 34.2 Å². The van der Waals surface area contributed by atoms with Crippen molar-refractivity contribution in [1.82, 2.24) is 14.9 Å². The Bertz CT molecular complexity index is 902. The van der Waals surface area contributed by atoms with Crippen LogP contribution in [0, 0.1) is 0 Å². The number of rotatable bonds is 6. The van der Waals surface area contributed by atoms with Gasteiger partial charge in [-0.3, -0.25) is 19.0 Å². The van der Waals surface area contributed by atoms with Crippen LogP contribution in [0.3, 0.4) is 0 Å². The number of fused-ring (bicyclic) bond motifs is 1. The van der Waals surface area contributed by atoms with Crippen molar-refractivity contribution in [2.24, 2.45) is 0 Å². The second-order valence-electron chi connectivity index (χ2n) is 7.19. The number of hydrogen-bond acceptors (Lipinski definition) is 6. The third-order valence-corrected chi connectivity index (χ3v) is 4.83. The Morgan fingerprint density at radius 1 is 1.30 bits per heavy atom. The highest BCUT2D eigenvalue weighted by Crippen LogP contribution is 2.23. The van der Waals surface area contributed by atoms with Gasteiger partial charge in [0, 0.05) is 12.1 Å². The summed E-state index contributed by atoms with van der Waals surface area (Å²) in [6, 6.07) is 7.02. The molecule has 2 rings (SSSR count). The molecule has 0 radical (unpaired) electrons. The van der Waals surface area contributed by atoms with Crippen molar-refractivity contribution in [1.29, 1.82) is 0 Å². The van der Waals surface area contributed by atoms with Crippen LogP contribution < -0.4 is 10.9 Å². The molecule has 2 aromatic rings. The van der Waals surface area contributed by atoms with Crippen LogP contribution >= 0.6 is 11.8 Å². The molecule has 1 N–H and O–H groups in total. The fourth-order valence-corrected chi connectivity index (χ4v) is 3.36. The average molecular weight is 391 g/mol. The number of para-hydroxylation sites is 1. The quantitative estimate of drug-likeness (QED) is 0.462. The Labute approximate surface area is 162 Å². The number of ether oxygens (including phenoxy) is 1. The molecule has 8 heteroatoms. The van der Waals surface area contributed by atoms with E-state index in [4.69, 9.17) is 0 Å². The molecule has 0 fully saturated rings. The third-order valence-electron chi connectivity index (χ3n) is 3.74. The Balaban J connectivity index is 2.39. The molecule has 0 aliphatic carbocycles. The smallest absolute Gasteiger partial charge is 0.307 e. The van der Waals surface area contributed by atoms with Crippen LogP contribution in [0.1, 0.15) is 34.1 Å². The molecule has 0 saturated heterocycles. The van der Waals surface area contributed by atoms with E-state index in [1.165, 1.54) is 23.4 Å². The van der Waals surface area contributed by atoms with Gasteiger partial charge in [0.1, 0.15) is 0 Å². The molecule has 7 nitrogen and oxygen atoms in total. The molecular formula is C19H25N3O4S. The number of benzene rings is 1. The fraction of sp³-hybridized carbons (Fsp3) is 0.474. The average Bonchev–Trinajstić information content (AvgIpc) is 2.59. The molecule has 27 heavy (non-hydrogen) atoms. The van der Waals surface area contributed by atoms with Gasteiger partial charge in [-0.25, -0.2) is 4.98 Å². The maximum absolute atomic E-state index is 12.9. The summed E-state index contributed by atoms with van der Waals surface area (Å²) in [4.78, 5) is 41.4. The highest BCUT2D eigenvalue weighted by atomic mass is 32.2. The minimum absolute atomic E-state index is 0.0482. The van der Waals surface area contributed by atoms with Gasteiger partial charge in [0.25, 0.3) is 5.56 Å². The summed E-state index contributed by atoms with van der Waals surface area (Å²) in [5, 5.41) is 3.34. The first-order valence-corrected chi connectivity index (χ1v) is 9.55. The van der Waals surface area contributed by atoms with E-state index in [-0.39, 0.29) is 30.0 Å². The van der Waals surface area contributed by atoms with Gasteiger partial charge in [0.2, 0.25) is 5.91 Å². The van der Waals surface area contributed by atoms with Gasteiger partial charge in [-0.2, -0.15) is 0 Å². The molecule has 1 heterocycles.